The molecule has 2 nitrogen and oxygen atoms in total. The van der Waals surface area contributed by atoms with Crippen LogP contribution < -0.4 is 5.73 Å². The predicted molar refractivity (Wildman–Crippen MR) is 57.8 cm³/mol. The maximum absolute atomic E-state index is 9.67. The van der Waals surface area contributed by atoms with Crippen molar-refractivity contribution in [2.45, 2.75) is 19.1 Å². The Bertz CT molecular complexity index is 304. The maximum atomic E-state index is 9.67. The first-order valence-electron chi connectivity index (χ1n) is 3.91. The Morgan fingerprint density at radius 1 is 1.54 bits per heavy atom. The van der Waals surface area contributed by atoms with Crippen molar-refractivity contribution in [3.8, 4) is 0 Å². The van der Waals surface area contributed by atoms with E-state index in [1.54, 1.807) is 13.0 Å². The second kappa shape index (κ2) is 4.42. The van der Waals surface area contributed by atoms with Crippen molar-refractivity contribution in [1.29, 1.82) is 0 Å². The SMILES string of the molecule is C[C@@H](N)[C@@H](O)c1cccc(Br)c1Cl. The molecule has 0 aliphatic rings. The summed E-state index contributed by atoms with van der Waals surface area (Å²) in [7, 11) is 0. The fourth-order valence-corrected chi connectivity index (χ4v) is 1.65. The summed E-state index contributed by atoms with van der Waals surface area (Å²) < 4.78 is 0.770. The molecule has 4 heteroatoms. The number of aliphatic hydroxyl groups is 1. The van der Waals surface area contributed by atoms with Gasteiger partial charge in [-0.05, 0) is 28.9 Å². The summed E-state index contributed by atoms with van der Waals surface area (Å²) in [6.45, 7) is 1.74. The third-order valence-electron chi connectivity index (χ3n) is 1.80. The lowest BCUT2D eigenvalue weighted by Crippen LogP contribution is -2.24. The number of hydrogen-bond acceptors (Lipinski definition) is 2. The van der Waals surface area contributed by atoms with E-state index in [-0.39, 0.29) is 6.04 Å². The van der Waals surface area contributed by atoms with Crippen LogP contribution in [-0.2, 0) is 0 Å². The van der Waals surface area contributed by atoms with E-state index >= 15 is 0 Å². The maximum Gasteiger partial charge on any atom is 0.0952 e. The zero-order chi connectivity index (χ0) is 10.0. The Morgan fingerprint density at radius 3 is 2.69 bits per heavy atom. The first kappa shape index (κ1) is 11.0. The molecule has 0 unspecified atom stereocenters. The molecule has 0 heterocycles. The van der Waals surface area contributed by atoms with E-state index in [0.29, 0.717) is 10.6 Å². The van der Waals surface area contributed by atoms with Gasteiger partial charge in [0, 0.05) is 16.1 Å². The zero-order valence-corrected chi connectivity index (χ0v) is 9.51. The van der Waals surface area contributed by atoms with Gasteiger partial charge in [-0.1, -0.05) is 23.7 Å². The van der Waals surface area contributed by atoms with Crippen LogP contribution in [0.5, 0.6) is 0 Å². The Balaban J connectivity index is 3.07. The van der Waals surface area contributed by atoms with E-state index in [2.05, 4.69) is 15.9 Å². The Labute approximate surface area is 90.8 Å². The monoisotopic (exact) mass is 263 g/mol. The normalized spacial score (nSPS) is 15.5. The highest BCUT2D eigenvalue weighted by molar-refractivity contribution is 9.10. The van der Waals surface area contributed by atoms with Crippen LogP contribution in [0.3, 0.4) is 0 Å². The van der Waals surface area contributed by atoms with Gasteiger partial charge in [-0.25, -0.2) is 0 Å². The van der Waals surface area contributed by atoms with E-state index in [0.717, 1.165) is 4.47 Å². The van der Waals surface area contributed by atoms with Crippen molar-refractivity contribution in [2.24, 2.45) is 5.73 Å². The van der Waals surface area contributed by atoms with Crippen molar-refractivity contribution < 1.29 is 5.11 Å². The largest absolute Gasteiger partial charge is 0.387 e. The van der Waals surface area contributed by atoms with Gasteiger partial charge in [-0.2, -0.15) is 0 Å². The van der Waals surface area contributed by atoms with Crippen LogP contribution in [0.4, 0.5) is 0 Å². The van der Waals surface area contributed by atoms with Gasteiger partial charge in [0.05, 0.1) is 11.1 Å². The molecule has 0 bridgehead atoms. The lowest BCUT2D eigenvalue weighted by atomic mass is 10.0. The smallest absolute Gasteiger partial charge is 0.0952 e. The molecule has 0 saturated carbocycles. The number of nitrogens with two attached hydrogens (primary N) is 1. The summed E-state index contributed by atoms with van der Waals surface area (Å²) in [5, 5.41) is 10.2. The van der Waals surface area contributed by atoms with Crippen molar-refractivity contribution in [3.05, 3.63) is 33.3 Å². The van der Waals surface area contributed by atoms with Crippen molar-refractivity contribution >= 4 is 27.5 Å². The third-order valence-corrected chi connectivity index (χ3v) is 3.11. The van der Waals surface area contributed by atoms with Crippen molar-refractivity contribution in [2.75, 3.05) is 0 Å². The first-order valence-corrected chi connectivity index (χ1v) is 5.08. The summed E-state index contributed by atoms with van der Waals surface area (Å²) in [6.07, 6.45) is -0.718. The van der Waals surface area contributed by atoms with E-state index in [1.165, 1.54) is 0 Å². The van der Waals surface area contributed by atoms with E-state index < -0.39 is 6.10 Å². The number of aliphatic hydroxyl groups excluding tert-OH is 1. The summed E-state index contributed by atoms with van der Waals surface area (Å²) >= 11 is 9.25. The van der Waals surface area contributed by atoms with Gasteiger partial charge >= 0.3 is 0 Å². The molecule has 0 aliphatic heterocycles. The molecule has 1 aromatic rings. The molecule has 0 amide bonds. The Hall–Kier alpha value is -0.0900. The average molecular weight is 265 g/mol. The van der Waals surface area contributed by atoms with Gasteiger partial charge in [0.15, 0.2) is 0 Å². The highest BCUT2D eigenvalue weighted by Crippen LogP contribution is 2.30. The van der Waals surface area contributed by atoms with Gasteiger partial charge in [-0.3, -0.25) is 0 Å². The van der Waals surface area contributed by atoms with Gasteiger partial charge in [0.1, 0.15) is 0 Å². The van der Waals surface area contributed by atoms with E-state index in [1.807, 2.05) is 12.1 Å². The van der Waals surface area contributed by atoms with Crippen LogP contribution in [0, 0.1) is 0 Å². The molecule has 0 aliphatic carbocycles. The number of benzene rings is 1. The Kier molecular flexibility index (Phi) is 3.74. The van der Waals surface area contributed by atoms with E-state index in [9.17, 15) is 5.11 Å². The summed E-state index contributed by atoms with van der Waals surface area (Å²) in [5.74, 6) is 0. The van der Waals surface area contributed by atoms with Crippen LogP contribution in [0.2, 0.25) is 5.02 Å². The molecule has 72 valence electrons. The van der Waals surface area contributed by atoms with Crippen LogP contribution in [-0.4, -0.2) is 11.1 Å². The molecular weight excluding hydrogens is 253 g/mol. The summed E-state index contributed by atoms with van der Waals surface area (Å²) in [5.41, 5.74) is 6.22. The molecule has 3 N–H and O–H groups in total. The Morgan fingerprint density at radius 2 is 2.15 bits per heavy atom. The van der Waals surface area contributed by atoms with Crippen LogP contribution in [0.1, 0.15) is 18.6 Å². The van der Waals surface area contributed by atoms with Gasteiger partial charge < -0.3 is 10.8 Å². The predicted octanol–water partition coefficient (Wildman–Crippen LogP) is 2.48. The van der Waals surface area contributed by atoms with Gasteiger partial charge in [0.25, 0.3) is 0 Å². The quantitative estimate of drug-likeness (QED) is 0.862. The summed E-state index contributed by atoms with van der Waals surface area (Å²) in [6, 6.07) is 5.07. The van der Waals surface area contributed by atoms with Crippen LogP contribution in [0.25, 0.3) is 0 Å². The standard InChI is InChI=1S/C9H11BrClNO/c1-5(12)9(13)6-3-2-4-7(10)8(6)11/h2-5,9,13H,12H2,1H3/t5-,9-/m1/s1. The minimum atomic E-state index is -0.718. The molecule has 1 aromatic carbocycles. The highest BCUT2D eigenvalue weighted by atomic mass is 79.9. The molecule has 0 spiro atoms. The minimum Gasteiger partial charge on any atom is -0.387 e. The van der Waals surface area contributed by atoms with Crippen LogP contribution in [0.15, 0.2) is 22.7 Å². The molecule has 13 heavy (non-hydrogen) atoms. The van der Waals surface area contributed by atoms with E-state index in [4.69, 9.17) is 17.3 Å². The number of halogens is 2. The number of rotatable bonds is 2. The molecule has 0 fully saturated rings. The first-order chi connectivity index (χ1) is 6.04. The highest BCUT2D eigenvalue weighted by Gasteiger charge is 2.16. The van der Waals surface area contributed by atoms with Gasteiger partial charge in [-0.15, -0.1) is 0 Å². The third kappa shape index (κ3) is 2.44. The van der Waals surface area contributed by atoms with Crippen molar-refractivity contribution in [1.82, 2.24) is 0 Å². The van der Waals surface area contributed by atoms with Gasteiger partial charge in [0.2, 0.25) is 0 Å². The second-order valence-corrected chi connectivity index (χ2v) is 4.18. The van der Waals surface area contributed by atoms with Crippen LogP contribution >= 0.6 is 27.5 Å². The molecule has 0 saturated heterocycles. The lowest BCUT2D eigenvalue weighted by molar-refractivity contribution is 0.153. The molecule has 2 atom stereocenters. The number of hydrogen-bond donors (Lipinski definition) is 2. The van der Waals surface area contributed by atoms with Crippen molar-refractivity contribution in [3.63, 3.8) is 0 Å². The zero-order valence-electron chi connectivity index (χ0n) is 7.17. The minimum absolute atomic E-state index is 0.327. The molecule has 0 aromatic heterocycles. The molecular formula is C9H11BrClNO. The lowest BCUT2D eigenvalue weighted by Gasteiger charge is -2.16. The molecule has 1 rings (SSSR count). The second-order valence-electron chi connectivity index (χ2n) is 2.95. The fraction of sp³-hybridized carbons (Fsp3) is 0.333. The summed E-state index contributed by atoms with van der Waals surface area (Å²) in [4.78, 5) is 0. The average Bonchev–Trinajstić information content (AvgIpc) is 2.08. The topological polar surface area (TPSA) is 46.2 Å². The molecule has 0 radical (unpaired) electrons. The fourth-order valence-electron chi connectivity index (χ4n) is 1.03.